The summed E-state index contributed by atoms with van der Waals surface area (Å²) in [5.41, 5.74) is 0. The largest absolute Gasteiger partial charge is 0.434 e. The molecule has 128 valence electrons. The average molecular weight is 327 g/mol. The zero-order chi connectivity index (χ0) is 16.8. The number of nitrogens with zero attached hydrogens (tertiary/aromatic N) is 3. The van der Waals surface area contributed by atoms with Crippen LogP contribution in [0.3, 0.4) is 0 Å². The van der Waals surface area contributed by atoms with Crippen LogP contribution in [0.5, 0.6) is 0 Å². The molecule has 1 rings (SSSR count). The number of nitro groups is 1. The molecule has 0 saturated heterocycles. The highest BCUT2D eigenvalue weighted by Crippen LogP contribution is 2.06. The lowest BCUT2D eigenvalue weighted by atomic mass is 10.6. The van der Waals surface area contributed by atoms with Gasteiger partial charge in [0.2, 0.25) is 0 Å². The lowest BCUT2D eigenvalue weighted by Crippen LogP contribution is -2.13. The molecule has 0 bridgehead atoms. The van der Waals surface area contributed by atoms with Crippen LogP contribution in [0.1, 0.15) is 0 Å². The molecular formula is C14H21N3O6. The molecule has 23 heavy (non-hydrogen) atoms. The molecule has 0 aromatic carbocycles. The summed E-state index contributed by atoms with van der Waals surface area (Å²) < 4.78 is 22.4. The van der Waals surface area contributed by atoms with E-state index in [1.165, 1.54) is 10.8 Å². The maximum atomic E-state index is 10.6. The van der Waals surface area contributed by atoms with Gasteiger partial charge in [0.25, 0.3) is 0 Å². The number of hydrogen-bond acceptors (Lipinski definition) is 7. The van der Waals surface area contributed by atoms with Crippen LogP contribution in [0.4, 0.5) is 5.95 Å². The van der Waals surface area contributed by atoms with Gasteiger partial charge in [-0.25, -0.2) is 4.57 Å². The van der Waals surface area contributed by atoms with Crippen LogP contribution in [0.2, 0.25) is 0 Å². The van der Waals surface area contributed by atoms with Gasteiger partial charge < -0.3 is 29.1 Å². The van der Waals surface area contributed by atoms with Crippen molar-refractivity contribution in [1.82, 2.24) is 9.55 Å². The number of rotatable bonds is 14. The number of imidazole rings is 1. The predicted molar refractivity (Wildman–Crippen MR) is 81.0 cm³/mol. The summed E-state index contributed by atoms with van der Waals surface area (Å²) >= 11 is 0. The molecule has 1 aromatic rings. The van der Waals surface area contributed by atoms with Gasteiger partial charge in [-0.3, -0.25) is 0 Å². The van der Waals surface area contributed by atoms with Crippen molar-refractivity contribution in [3.8, 4) is 12.3 Å². The first kappa shape index (κ1) is 19.1. The summed E-state index contributed by atoms with van der Waals surface area (Å²) in [5, 5.41) is 10.6. The van der Waals surface area contributed by atoms with Crippen LogP contribution >= 0.6 is 0 Å². The number of aromatic nitrogens is 2. The molecule has 1 aromatic heterocycles. The third-order valence-electron chi connectivity index (χ3n) is 2.63. The summed E-state index contributed by atoms with van der Waals surface area (Å²) in [5.74, 6) is 2.18. The fourth-order valence-electron chi connectivity index (χ4n) is 1.60. The van der Waals surface area contributed by atoms with Crippen LogP contribution in [-0.2, 0) is 25.5 Å². The summed E-state index contributed by atoms with van der Waals surface area (Å²) in [6.45, 7) is 3.74. The molecule has 0 saturated carbocycles. The molecule has 0 aliphatic carbocycles. The van der Waals surface area contributed by atoms with E-state index in [1.807, 2.05) is 0 Å². The van der Waals surface area contributed by atoms with E-state index in [2.05, 4.69) is 10.9 Å². The molecule has 0 aliphatic rings. The Labute approximate surface area is 134 Å². The third kappa shape index (κ3) is 8.90. The molecular weight excluding hydrogens is 306 g/mol. The lowest BCUT2D eigenvalue weighted by molar-refractivity contribution is -0.396. The lowest BCUT2D eigenvalue weighted by Gasteiger charge is -2.07. The highest BCUT2D eigenvalue weighted by Gasteiger charge is 2.12. The van der Waals surface area contributed by atoms with E-state index in [0.29, 0.717) is 59.4 Å². The Morgan fingerprint density at radius 1 is 1.09 bits per heavy atom. The smallest absolute Gasteiger partial charge is 0.390 e. The van der Waals surface area contributed by atoms with Gasteiger partial charge in [0.05, 0.1) is 52.8 Å². The Bertz CT molecular complexity index is 485. The fourth-order valence-corrected chi connectivity index (χ4v) is 1.60. The van der Waals surface area contributed by atoms with Crippen LogP contribution in [-0.4, -0.2) is 67.3 Å². The van der Waals surface area contributed by atoms with E-state index < -0.39 is 4.92 Å². The van der Waals surface area contributed by atoms with Gasteiger partial charge in [-0.05, 0) is 4.92 Å². The maximum Gasteiger partial charge on any atom is 0.434 e. The second-order valence-electron chi connectivity index (χ2n) is 4.27. The Morgan fingerprint density at radius 2 is 1.65 bits per heavy atom. The molecule has 0 N–H and O–H groups in total. The van der Waals surface area contributed by atoms with E-state index in [4.69, 9.17) is 25.4 Å². The van der Waals surface area contributed by atoms with Gasteiger partial charge in [0.15, 0.2) is 0 Å². The zero-order valence-corrected chi connectivity index (χ0v) is 12.9. The molecule has 0 atom stereocenters. The molecule has 0 radical (unpaired) electrons. The van der Waals surface area contributed by atoms with Crippen molar-refractivity contribution < 1.29 is 23.9 Å². The van der Waals surface area contributed by atoms with E-state index in [-0.39, 0.29) is 5.95 Å². The van der Waals surface area contributed by atoms with Crippen molar-refractivity contribution in [3.63, 3.8) is 0 Å². The second kappa shape index (κ2) is 12.5. The Kier molecular flexibility index (Phi) is 10.4. The van der Waals surface area contributed by atoms with Crippen LogP contribution in [0.15, 0.2) is 12.4 Å². The van der Waals surface area contributed by atoms with Crippen molar-refractivity contribution >= 4 is 5.95 Å². The van der Waals surface area contributed by atoms with Gasteiger partial charge in [-0.2, -0.15) is 0 Å². The monoisotopic (exact) mass is 327 g/mol. The minimum atomic E-state index is -0.527. The first-order valence-electron chi connectivity index (χ1n) is 7.15. The van der Waals surface area contributed by atoms with Gasteiger partial charge in [-0.15, -0.1) is 6.42 Å². The Hall–Kier alpha value is -1.99. The van der Waals surface area contributed by atoms with Gasteiger partial charge in [0, 0.05) is 0 Å². The fraction of sp³-hybridized carbons (Fsp3) is 0.643. The number of terminal acetylenes is 1. The van der Waals surface area contributed by atoms with Crippen molar-refractivity contribution in [1.29, 1.82) is 0 Å². The first-order valence-corrected chi connectivity index (χ1v) is 7.15. The van der Waals surface area contributed by atoms with E-state index >= 15 is 0 Å². The predicted octanol–water partition coefficient (Wildman–Crippen LogP) is 0.491. The molecule has 0 unspecified atom stereocenters. The Morgan fingerprint density at radius 3 is 2.22 bits per heavy atom. The van der Waals surface area contributed by atoms with Crippen LogP contribution < -0.4 is 0 Å². The standard InChI is InChI=1S/C14H21N3O6/c1-2-6-20-8-10-22-12-13-23-11-9-21-7-5-16-4-3-15-14(16)17(18)19/h1,3-4H,5-13H2. The van der Waals surface area contributed by atoms with Gasteiger partial charge in [0.1, 0.15) is 19.0 Å². The SMILES string of the molecule is C#CCOCCOCCOCCOCCn1ccnc1[N+](=O)[O-]. The minimum Gasteiger partial charge on any atom is -0.390 e. The normalized spacial score (nSPS) is 10.6. The minimum absolute atomic E-state index is 0.187. The van der Waals surface area contributed by atoms with Crippen molar-refractivity contribution in [2.24, 2.45) is 0 Å². The molecule has 0 fully saturated rings. The van der Waals surface area contributed by atoms with Gasteiger partial charge >= 0.3 is 5.95 Å². The van der Waals surface area contributed by atoms with Crippen LogP contribution in [0, 0.1) is 22.5 Å². The van der Waals surface area contributed by atoms with Crippen molar-refractivity contribution in [3.05, 3.63) is 22.5 Å². The van der Waals surface area contributed by atoms with Crippen LogP contribution in [0.25, 0.3) is 0 Å². The summed E-state index contributed by atoms with van der Waals surface area (Å²) in [7, 11) is 0. The van der Waals surface area contributed by atoms with E-state index in [0.717, 1.165) is 0 Å². The average Bonchev–Trinajstić information content (AvgIpc) is 3.00. The molecule has 0 spiro atoms. The maximum absolute atomic E-state index is 10.6. The second-order valence-corrected chi connectivity index (χ2v) is 4.27. The van der Waals surface area contributed by atoms with E-state index in [1.54, 1.807) is 6.20 Å². The Balaban J connectivity index is 1.88. The first-order chi connectivity index (χ1) is 11.3. The molecule has 0 aliphatic heterocycles. The quantitative estimate of drug-likeness (QED) is 0.212. The summed E-state index contributed by atoms with van der Waals surface area (Å²) in [6.07, 6.45) is 7.96. The molecule has 9 heteroatoms. The van der Waals surface area contributed by atoms with Crippen molar-refractivity contribution in [2.75, 3.05) is 52.9 Å². The van der Waals surface area contributed by atoms with E-state index in [9.17, 15) is 10.1 Å². The molecule has 0 amide bonds. The van der Waals surface area contributed by atoms with Gasteiger partial charge in [-0.1, -0.05) is 10.9 Å². The highest BCUT2D eigenvalue weighted by molar-refractivity contribution is 5.06. The molecule has 1 heterocycles. The highest BCUT2D eigenvalue weighted by atomic mass is 16.6. The summed E-state index contributed by atoms with van der Waals surface area (Å²) in [6, 6.07) is 0. The zero-order valence-electron chi connectivity index (χ0n) is 12.9. The topological polar surface area (TPSA) is 97.9 Å². The molecule has 9 nitrogen and oxygen atoms in total. The van der Waals surface area contributed by atoms with Crippen molar-refractivity contribution in [2.45, 2.75) is 6.54 Å². The number of hydrogen-bond donors (Lipinski definition) is 0. The summed E-state index contributed by atoms with van der Waals surface area (Å²) in [4.78, 5) is 13.8. The number of ether oxygens (including phenoxy) is 4. The third-order valence-corrected chi connectivity index (χ3v) is 2.63.